The van der Waals surface area contributed by atoms with Crippen LogP contribution < -0.4 is 5.30 Å². The van der Waals surface area contributed by atoms with E-state index in [1.165, 1.54) is 0 Å². The predicted octanol–water partition coefficient (Wildman–Crippen LogP) is 9.98. The maximum absolute atomic E-state index is 14.9. The Morgan fingerprint density at radius 3 is 1.43 bits per heavy atom. The standard InChI is InChI=1S/C35H25F4P/c1-18-12-23(17-31(38)35(18)40)27-13-21-8-4-6-10-25(21)32(19(27)2)33-20(3)28(14-22-9-5-7-11-26(22)33)24-15-29(36)34(39)30(37)16-24/h4-17H,40H2,1-3H3. The highest BCUT2D eigenvalue weighted by Crippen LogP contribution is 2.45. The van der Waals surface area contributed by atoms with Crippen LogP contribution in [0.3, 0.4) is 0 Å². The summed E-state index contributed by atoms with van der Waals surface area (Å²) in [6.07, 6.45) is 0. The van der Waals surface area contributed by atoms with Crippen LogP contribution >= 0.6 is 9.24 Å². The van der Waals surface area contributed by atoms with E-state index >= 15 is 0 Å². The van der Waals surface area contributed by atoms with Crippen molar-refractivity contribution in [3.8, 4) is 33.4 Å². The molecule has 0 aliphatic carbocycles. The van der Waals surface area contributed by atoms with Crippen molar-refractivity contribution < 1.29 is 17.6 Å². The smallest absolute Gasteiger partial charge is 0.194 e. The van der Waals surface area contributed by atoms with Crippen LogP contribution in [-0.4, -0.2) is 0 Å². The minimum atomic E-state index is -1.49. The number of halogens is 4. The second-order valence-electron chi connectivity index (χ2n) is 10.2. The van der Waals surface area contributed by atoms with E-state index in [2.05, 4.69) is 21.4 Å². The fraction of sp³-hybridized carbons (Fsp3) is 0.0857. The molecule has 0 aliphatic heterocycles. The van der Waals surface area contributed by atoms with Gasteiger partial charge in [-0.15, -0.1) is 9.24 Å². The zero-order valence-electron chi connectivity index (χ0n) is 22.2. The van der Waals surface area contributed by atoms with Gasteiger partial charge in [-0.3, -0.25) is 0 Å². The van der Waals surface area contributed by atoms with Crippen LogP contribution in [0.4, 0.5) is 17.6 Å². The second-order valence-corrected chi connectivity index (χ2v) is 10.8. The summed E-state index contributed by atoms with van der Waals surface area (Å²) in [5, 5.41) is 4.38. The molecule has 0 heterocycles. The van der Waals surface area contributed by atoms with E-state index in [-0.39, 0.29) is 11.4 Å². The first kappa shape index (κ1) is 26.2. The van der Waals surface area contributed by atoms with E-state index in [1.54, 1.807) is 6.07 Å². The lowest BCUT2D eigenvalue weighted by Gasteiger charge is -2.22. The molecular weight excluding hydrogens is 527 g/mol. The summed E-state index contributed by atoms with van der Waals surface area (Å²) < 4.78 is 57.5. The number of rotatable bonds is 3. The topological polar surface area (TPSA) is 0 Å². The molecule has 6 rings (SSSR count). The molecule has 0 radical (unpaired) electrons. The van der Waals surface area contributed by atoms with Gasteiger partial charge in [-0.05, 0) is 123 Å². The molecule has 6 aromatic rings. The normalized spacial score (nSPS) is 11.5. The Kier molecular flexibility index (Phi) is 6.47. The Balaban J connectivity index is 1.76. The van der Waals surface area contributed by atoms with Crippen molar-refractivity contribution >= 4 is 36.1 Å². The van der Waals surface area contributed by atoms with Crippen LogP contribution in [0.25, 0.3) is 54.9 Å². The van der Waals surface area contributed by atoms with Crippen LogP contribution in [0.2, 0.25) is 0 Å². The number of fused-ring (bicyclic) bond motifs is 2. The Bertz CT molecular complexity index is 1800. The van der Waals surface area contributed by atoms with Crippen LogP contribution in [0, 0.1) is 44.0 Å². The van der Waals surface area contributed by atoms with Crippen LogP contribution in [0.5, 0.6) is 0 Å². The summed E-state index contributed by atoms with van der Waals surface area (Å²) >= 11 is 0. The molecule has 0 fully saturated rings. The van der Waals surface area contributed by atoms with Gasteiger partial charge in [0.1, 0.15) is 5.82 Å². The second kappa shape index (κ2) is 9.87. The molecule has 198 valence electrons. The SMILES string of the molecule is Cc1cc(-c2cc3ccccc3c(-c3c(C)c(-c4cc(F)c(F)c(F)c4)cc4ccccc34)c2C)cc(F)c1P. The Morgan fingerprint density at radius 1 is 0.525 bits per heavy atom. The zero-order chi connectivity index (χ0) is 28.3. The molecule has 0 aromatic heterocycles. The van der Waals surface area contributed by atoms with Gasteiger partial charge in [-0.25, -0.2) is 17.6 Å². The lowest BCUT2D eigenvalue weighted by molar-refractivity contribution is 0.447. The average Bonchev–Trinajstić information content (AvgIpc) is 2.94. The maximum Gasteiger partial charge on any atom is 0.194 e. The van der Waals surface area contributed by atoms with Gasteiger partial charge in [-0.1, -0.05) is 54.6 Å². The van der Waals surface area contributed by atoms with Gasteiger partial charge in [0.15, 0.2) is 17.5 Å². The largest absolute Gasteiger partial charge is 0.206 e. The number of hydrogen-bond donors (Lipinski definition) is 0. The molecule has 0 spiro atoms. The predicted molar refractivity (Wildman–Crippen MR) is 161 cm³/mol. The van der Waals surface area contributed by atoms with Crippen LogP contribution in [0.15, 0.2) is 84.9 Å². The Morgan fingerprint density at radius 2 is 0.950 bits per heavy atom. The summed E-state index contributed by atoms with van der Waals surface area (Å²) in [5.41, 5.74) is 6.99. The van der Waals surface area contributed by atoms with E-state index < -0.39 is 17.5 Å². The van der Waals surface area contributed by atoms with Gasteiger partial charge in [0, 0.05) is 5.30 Å². The molecule has 0 nitrogen and oxygen atoms in total. The first-order valence-electron chi connectivity index (χ1n) is 12.9. The molecule has 1 atom stereocenters. The van der Waals surface area contributed by atoms with E-state index in [0.717, 1.165) is 72.6 Å². The van der Waals surface area contributed by atoms with Gasteiger partial charge in [0.05, 0.1) is 0 Å². The van der Waals surface area contributed by atoms with E-state index in [4.69, 9.17) is 0 Å². The highest BCUT2D eigenvalue weighted by molar-refractivity contribution is 7.27. The Hall–Kier alpha value is -4.01. The highest BCUT2D eigenvalue weighted by atomic mass is 31.0. The highest BCUT2D eigenvalue weighted by Gasteiger charge is 2.21. The number of aryl methyl sites for hydroxylation is 1. The summed E-state index contributed by atoms with van der Waals surface area (Å²) in [6, 6.07) is 25.5. The summed E-state index contributed by atoms with van der Waals surface area (Å²) in [6.45, 7) is 5.83. The minimum Gasteiger partial charge on any atom is -0.206 e. The molecular formula is C35H25F4P. The van der Waals surface area contributed by atoms with Gasteiger partial charge >= 0.3 is 0 Å². The quantitative estimate of drug-likeness (QED) is 0.116. The minimum absolute atomic E-state index is 0.257. The van der Waals surface area contributed by atoms with Gasteiger partial charge in [-0.2, -0.15) is 0 Å². The molecule has 0 bridgehead atoms. The molecule has 5 heteroatoms. The molecule has 6 aromatic carbocycles. The molecule has 0 saturated heterocycles. The van der Waals surface area contributed by atoms with Crippen molar-refractivity contribution in [2.75, 3.05) is 0 Å². The van der Waals surface area contributed by atoms with Crippen LogP contribution in [0.1, 0.15) is 16.7 Å². The summed E-state index contributed by atoms with van der Waals surface area (Å²) in [5.74, 6) is -4.25. The third-order valence-corrected chi connectivity index (χ3v) is 8.54. The van der Waals surface area contributed by atoms with E-state index in [9.17, 15) is 17.6 Å². The fourth-order valence-electron chi connectivity index (χ4n) is 5.77. The molecule has 40 heavy (non-hydrogen) atoms. The third kappa shape index (κ3) is 4.19. The lowest BCUT2D eigenvalue weighted by Crippen LogP contribution is -2.04. The monoisotopic (exact) mass is 552 g/mol. The van der Waals surface area contributed by atoms with Crippen LogP contribution in [-0.2, 0) is 0 Å². The molecule has 0 aliphatic rings. The van der Waals surface area contributed by atoms with Gasteiger partial charge in [0.25, 0.3) is 0 Å². The Labute approximate surface area is 232 Å². The van der Waals surface area contributed by atoms with Crippen molar-refractivity contribution in [1.29, 1.82) is 0 Å². The number of hydrogen-bond acceptors (Lipinski definition) is 0. The zero-order valence-corrected chi connectivity index (χ0v) is 23.3. The third-order valence-electron chi connectivity index (χ3n) is 7.81. The fourth-order valence-corrected chi connectivity index (χ4v) is 5.93. The average molecular weight is 553 g/mol. The molecule has 0 saturated carbocycles. The van der Waals surface area contributed by atoms with E-state index in [0.29, 0.717) is 10.9 Å². The van der Waals surface area contributed by atoms with Crippen molar-refractivity contribution in [1.82, 2.24) is 0 Å². The van der Waals surface area contributed by atoms with Crippen molar-refractivity contribution in [3.05, 3.63) is 125 Å². The molecule has 1 unspecified atom stereocenters. The van der Waals surface area contributed by atoms with Crippen molar-refractivity contribution in [2.45, 2.75) is 20.8 Å². The van der Waals surface area contributed by atoms with Crippen molar-refractivity contribution in [2.24, 2.45) is 0 Å². The van der Waals surface area contributed by atoms with Gasteiger partial charge < -0.3 is 0 Å². The summed E-state index contributed by atoms with van der Waals surface area (Å²) in [7, 11) is 2.46. The van der Waals surface area contributed by atoms with Crippen molar-refractivity contribution in [3.63, 3.8) is 0 Å². The lowest BCUT2D eigenvalue weighted by atomic mass is 9.82. The number of benzene rings is 6. The maximum atomic E-state index is 14.9. The first-order chi connectivity index (χ1) is 19.2. The first-order valence-corrected chi connectivity index (χ1v) is 13.5. The molecule has 0 N–H and O–H groups in total. The molecule has 0 amide bonds. The van der Waals surface area contributed by atoms with Gasteiger partial charge in [0.2, 0.25) is 0 Å². The summed E-state index contributed by atoms with van der Waals surface area (Å²) in [4.78, 5) is 0. The van der Waals surface area contributed by atoms with E-state index in [1.807, 2.05) is 75.4 Å².